The number of nitrogens with zero attached hydrogens (tertiary/aromatic N) is 6. The molecule has 0 spiro atoms. The Morgan fingerprint density at radius 3 is 2.83 bits per heavy atom. The Morgan fingerprint density at radius 2 is 2.04 bits per heavy atom. The number of thioether (sulfide) groups is 1. The van der Waals surface area contributed by atoms with Gasteiger partial charge in [0.05, 0.1) is 17.6 Å². The predicted octanol–water partition coefficient (Wildman–Crippen LogP) is 3.33. The zero-order valence-electron chi connectivity index (χ0n) is 13.6. The van der Waals surface area contributed by atoms with Crippen LogP contribution in [0.2, 0.25) is 0 Å². The number of fused-ring (bicyclic) bond motifs is 2. The van der Waals surface area contributed by atoms with E-state index in [9.17, 15) is 0 Å². The van der Waals surface area contributed by atoms with Gasteiger partial charge in [0.25, 0.3) is 0 Å². The van der Waals surface area contributed by atoms with Crippen LogP contribution in [0.5, 0.6) is 0 Å². The van der Waals surface area contributed by atoms with E-state index in [-0.39, 0.29) is 0 Å². The smallest absolute Gasteiger partial charge is 0.176 e. The molecule has 1 aromatic carbocycles. The van der Waals surface area contributed by atoms with Crippen molar-refractivity contribution in [2.45, 2.75) is 10.9 Å². The molecule has 4 rings (SSSR count). The van der Waals surface area contributed by atoms with Gasteiger partial charge in [-0.25, -0.2) is 19.9 Å². The molecule has 4 aromatic rings. The summed E-state index contributed by atoms with van der Waals surface area (Å²) in [5, 5.41) is 0. The van der Waals surface area contributed by atoms with Gasteiger partial charge in [0.2, 0.25) is 0 Å². The van der Waals surface area contributed by atoms with Crippen LogP contribution in [0.3, 0.4) is 0 Å². The lowest BCUT2D eigenvalue weighted by molar-refractivity contribution is 0.770. The van der Waals surface area contributed by atoms with Crippen molar-refractivity contribution in [1.29, 1.82) is 0 Å². The molecule has 6 nitrogen and oxygen atoms in total. The third kappa shape index (κ3) is 2.51. The van der Waals surface area contributed by atoms with E-state index < -0.39 is 0 Å². The Labute approximate surface area is 147 Å². The second-order valence-electron chi connectivity index (χ2n) is 5.47. The van der Waals surface area contributed by atoms with Gasteiger partial charge < -0.3 is 9.47 Å². The lowest BCUT2D eigenvalue weighted by Gasteiger charge is -2.17. The Hall–Kier alpha value is -2.19. The predicted molar refractivity (Wildman–Crippen MR) is 99.8 cm³/mol. The van der Waals surface area contributed by atoms with E-state index in [0.717, 1.165) is 37.4 Å². The van der Waals surface area contributed by atoms with Crippen LogP contribution in [-0.4, -0.2) is 37.8 Å². The number of rotatable bonds is 4. The van der Waals surface area contributed by atoms with Crippen molar-refractivity contribution >= 4 is 50.3 Å². The number of hydrogen-bond acceptors (Lipinski definition) is 7. The zero-order valence-corrected chi connectivity index (χ0v) is 15.2. The maximum Gasteiger partial charge on any atom is 0.176 e. The molecule has 24 heavy (non-hydrogen) atoms. The second kappa shape index (κ2) is 6.03. The largest absolute Gasteiger partial charge is 0.351 e. The lowest BCUT2D eigenvalue weighted by atomic mass is 10.3. The molecular formula is C16H16N6S2. The molecule has 0 aliphatic rings. The van der Waals surface area contributed by atoms with Gasteiger partial charge in [-0.1, -0.05) is 23.9 Å². The zero-order chi connectivity index (χ0) is 16.7. The van der Waals surface area contributed by atoms with Crippen molar-refractivity contribution in [3.8, 4) is 0 Å². The van der Waals surface area contributed by atoms with Gasteiger partial charge in [-0.2, -0.15) is 0 Å². The molecule has 0 radical (unpaired) electrons. The minimum atomic E-state index is 0.670. The topological polar surface area (TPSA) is 59.7 Å². The highest BCUT2D eigenvalue weighted by Gasteiger charge is 2.16. The van der Waals surface area contributed by atoms with Crippen LogP contribution < -0.4 is 4.90 Å². The molecule has 0 N–H and O–H groups in total. The van der Waals surface area contributed by atoms with Gasteiger partial charge in [-0.05, 0) is 18.4 Å². The average molecular weight is 356 g/mol. The first-order chi connectivity index (χ1) is 11.7. The summed E-state index contributed by atoms with van der Waals surface area (Å²) in [5.74, 6) is 1.89. The maximum absolute atomic E-state index is 4.74. The molecule has 0 aliphatic carbocycles. The van der Waals surface area contributed by atoms with E-state index in [0.29, 0.717) is 6.54 Å². The summed E-state index contributed by atoms with van der Waals surface area (Å²) in [4.78, 5) is 20.1. The van der Waals surface area contributed by atoms with E-state index in [1.807, 2.05) is 38.6 Å². The molecular weight excluding hydrogens is 340 g/mol. The minimum absolute atomic E-state index is 0.670. The number of benzene rings is 1. The normalized spacial score (nSPS) is 11.5. The molecule has 0 amide bonds. The molecule has 0 unspecified atom stereocenters. The highest BCUT2D eigenvalue weighted by atomic mass is 32.2. The molecule has 0 atom stereocenters. The Morgan fingerprint density at radius 1 is 1.21 bits per heavy atom. The second-order valence-corrected chi connectivity index (χ2v) is 7.52. The summed E-state index contributed by atoms with van der Waals surface area (Å²) in [6, 6.07) is 8.17. The number of imidazole rings is 1. The molecule has 8 heteroatoms. The van der Waals surface area contributed by atoms with Crippen LogP contribution >= 0.6 is 23.1 Å². The Balaban J connectivity index is 1.72. The number of aromatic nitrogens is 5. The van der Waals surface area contributed by atoms with Crippen molar-refractivity contribution < 1.29 is 0 Å². The SMILES string of the molecule is CSc1nc2ncnc(N(C)Cc3nc4ccccc4n3C)c2s1. The number of hydrogen-bond donors (Lipinski definition) is 0. The summed E-state index contributed by atoms with van der Waals surface area (Å²) in [6.45, 7) is 0.670. The van der Waals surface area contributed by atoms with Crippen molar-refractivity contribution in [2.24, 2.45) is 7.05 Å². The van der Waals surface area contributed by atoms with E-state index in [1.54, 1.807) is 29.4 Å². The van der Waals surface area contributed by atoms with E-state index in [1.165, 1.54) is 0 Å². The molecule has 0 fully saturated rings. The van der Waals surface area contributed by atoms with Crippen LogP contribution in [0.25, 0.3) is 21.4 Å². The van der Waals surface area contributed by atoms with Crippen LogP contribution in [0.15, 0.2) is 34.9 Å². The molecule has 0 saturated carbocycles. The van der Waals surface area contributed by atoms with Gasteiger partial charge in [-0.15, -0.1) is 11.3 Å². The van der Waals surface area contributed by atoms with Crippen molar-refractivity contribution in [1.82, 2.24) is 24.5 Å². The molecule has 0 saturated heterocycles. The van der Waals surface area contributed by atoms with Crippen LogP contribution in [0, 0.1) is 0 Å². The molecule has 0 aliphatic heterocycles. The quantitative estimate of drug-likeness (QED) is 0.523. The number of thiazole rings is 1. The van der Waals surface area contributed by atoms with E-state index in [2.05, 4.69) is 30.5 Å². The van der Waals surface area contributed by atoms with Gasteiger partial charge in [0.15, 0.2) is 15.8 Å². The summed E-state index contributed by atoms with van der Waals surface area (Å²) in [6.07, 6.45) is 3.60. The highest BCUT2D eigenvalue weighted by molar-refractivity contribution is 8.00. The number of anilines is 1. The molecule has 0 bridgehead atoms. The van der Waals surface area contributed by atoms with Crippen molar-refractivity contribution in [3.63, 3.8) is 0 Å². The first-order valence-corrected chi connectivity index (χ1v) is 9.48. The Kier molecular flexibility index (Phi) is 3.85. The first kappa shape index (κ1) is 15.3. The van der Waals surface area contributed by atoms with Gasteiger partial charge >= 0.3 is 0 Å². The standard InChI is InChI=1S/C16H16N6S2/c1-21(8-12-19-10-6-4-5-7-11(10)22(12)2)15-13-14(17-9-18-15)20-16(23-3)24-13/h4-7,9H,8H2,1-3H3. The van der Waals surface area contributed by atoms with Gasteiger partial charge in [-0.3, -0.25) is 0 Å². The summed E-state index contributed by atoms with van der Waals surface area (Å²) >= 11 is 3.26. The fraction of sp³-hybridized carbons (Fsp3) is 0.250. The minimum Gasteiger partial charge on any atom is -0.351 e. The number of aryl methyl sites for hydroxylation is 1. The van der Waals surface area contributed by atoms with Crippen LogP contribution in [-0.2, 0) is 13.6 Å². The third-order valence-corrected chi connectivity index (χ3v) is 5.97. The number of para-hydroxylation sites is 2. The first-order valence-electron chi connectivity index (χ1n) is 7.44. The van der Waals surface area contributed by atoms with Crippen LogP contribution in [0.1, 0.15) is 5.82 Å². The molecule has 3 aromatic heterocycles. The van der Waals surface area contributed by atoms with Crippen LogP contribution in [0.4, 0.5) is 5.82 Å². The fourth-order valence-electron chi connectivity index (χ4n) is 2.71. The highest BCUT2D eigenvalue weighted by Crippen LogP contribution is 2.32. The maximum atomic E-state index is 4.74. The van der Waals surface area contributed by atoms with E-state index >= 15 is 0 Å². The summed E-state index contributed by atoms with van der Waals surface area (Å²) in [5.41, 5.74) is 2.90. The lowest BCUT2D eigenvalue weighted by Crippen LogP contribution is -2.20. The Bertz CT molecular complexity index is 1020. The molecule has 3 heterocycles. The fourth-order valence-corrected chi connectivity index (χ4v) is 4.26. The summed E-state index contributed by atoms with van der Waals surface area (Å²) in [7, 11) is 4.08. The van der Waals surface area contributed by atoms with Gasteiger partial charge in [0, 0.05) is 14.1 Å². The monoisotopic (exact) mass is 356 g/mol. The third-order valence-electron chi connectivity index (χ3n) is 3.95. The van der Waals surface area contributed by atoms with Gasteiger partial charge in [0.1, 0.15) is 16.9 Å². The summed E-state index contributed by atoms with van der Waals surface area (Å²) < 4.78 is 4.15. The molecule has 122 valence electrons. The van der Waals surface area contributed by atoms with Crippen molar-refractivity contribution in [2.75, 3.05) is 18.2 Å². The van der Waals surface area contributed by atoms with Crippen molar-refractivity contribution in [3.05, 3.63) is 36.4 Å². The van der Waals surface area contributed by atoms with E-state index in [4.69, 9.17) is 4.98 Å². The average Bonchev–Trinajstić information content (AvgIpc) is 3.16.